The van der Waals surface area contributed by atoms with E-state index in [1.165, 1.54) is 5.56 Å². The number of aromatic nitrogens is 2. The van der Waals surface area contributed by atoms with E-state index in [0.29, 0.717) is 5.89 Å². The van der Waals surface area contributed by atoms with E-state index in [4.69, 9.17) is 4.42 Å². The number of fused-ring (bicyclic) bond motifs is 1. The summed E-state index contributed by atoms with van der Waals surface area (Å²) in [6.45, 7) is 2.05. The van der Waals surface area contributed by atoms with Gasteiger partial charge in [-0.05, 0) is 30.7 Å². The average Bonchev–Trinajstić information content (AvgIpc) is 2.72. The Morgan fingerprint density at radius 2 is 2.12 bits per heavy atom. The maximum atomic E-state index is 5.74. The molecule has 3 heteroatoms. The van der Waals surface area contributed by atoms with Gasteiger partial charge in [-0.15, -0.1) is 0 Å². The Kier molecular flexibility index (Phi) is 2.18. The lowest BCUT2D eigenvalue weighted by molar-refractivity contribution is -0.671. The molecule has 0 bridgehead atoms. The maximum Gasteiger partial charge on any atom is 0.233 e. The molecule has 0 spiro atoms. The summed E-state index contributed by atoms with van der Waals surface area (Å²) in [7, 11) is 1.98. The van der Waals surface area contributed by atoms with Crippen LogP contribution in [-0.2, 0) is 7.05 Å². The summed E-state index contributed by atoms with van der Waals surface area (Å²) >= 11 is 0. The van der Waals surface area contributed by atoms with Gasteiger partial charge in [0.25, 0.3) is 0 Å². The van der Waals surface area contributed by atoms with Crippen molar-refractivity contribution in [1.29, 1.82) is 0 Å². The van der Waals surface area contributed by atoms with Gasteiger partial charge in [0.1, 0.15) is 18.1 Å². The number of hydrogen-bond acceptors (Lipinski definition) is 2. The summed E-state index contributed by atoms with van der Waals surface area (Å²) in [5, 5.41) is 0. The van der Waals surface area contributed by atoms with Gasteiger partial charge in [-0.2, -0.15) is 0 Å². The quantitative estimate of drug-likeness (QED) is 0.596. The van der Waals surface area contributed by atoms with Crippen molar-refractivity contribution >= 4 is 11.1 Å². The van der Waals surface area contributed by atoms with Gasteiger partial charge in [-0.25, -0.2) is 9.55 Å². The molecule has 0 atom stereocenters. The van der Waals surface area contributed by atoms with Crippen LogP contribution < -0.4 is 4.57 Å². The van der Waals surface area contributed by atoms with Crippen molar-refractivity contribution in [1.82, 2.24) is 4.98 Å². The van der Waals surface area contributed by atoms with Crippen LogP contribution in [0.25, 0.3) is 22.6 Å². The smallest absolute Gasteiger partial charge is 0.233 e. The normalized spacial score (nSPS) is 10.9. The Bertz CT molecular complexity index is 686. The van der Waals surface area contributed by atoms with E-state index in [-0.39, 0.29) is 0 Å². The second kappa shape index (κ2) is 3.70. The van der Waals surface area contributed by atoms with Gasteiger partial charge < -0.3 is 4.42 Å². The predicted molar refractivity (Wildman–Crippen MR) is 65.4 cm³/mol. The molecule has 1 aromatic carbocycles. The van der Waals surface area contributed by atoms with Gasteiger partial charge in [0.2, 0.25) is 5.89 Å². The van der Waals surface area contributed by atoms with E-state index < -0.39 is 0 Å². The fourth-order valence-corrected chi connectivity index (χ4v) is 1.88. The lowest BCUT2D eigenvalue weighted by Crippen LogP contribution is -2.26. The summed E-state index contributed by atoms with van der Waals surface area (Å²) in [6.07, 6.45) is 3.98. The molecule has 0 aliphatic rings. The first-order chi connectivity index (χ1) is 8.22. The van der Waals surface area contributed by atoms with Crippen molar-refractivity contribution in [2.45, 2.75) is 6.92 Å². The molecule has 3 aromatic rings. The first-order valence-corrected chi connectivity index (χ1v) is 5.55. The van der Waals surface area contributed by atoms with Gasteiger partial charge in [0, 0.05) is 6.07 Å². The molecule has 0 radical (unpaired) electrons. The Labute approximate surface area is 99.3 Å². The molecule has 0 aliphatic heterocycles. The molecule has 0 saturated carbocycles. The van der Waals surface area contributed by atoms with E-state index in [2.05, 4.69) is 11.9 Å². The largest absolute Gasteiger partial charge is 0.436 e. The molecule has 3 nitrogen and oxygen atoms in total. The second-order valence-corrected chi connectivity index (χ2v) is 4.25. The Morgan fingerprint density at radius 1 is 1.24 bits per heavy atom. The highest BCUT2D eigenvalue weighted by Crippen LogP contribution is 2.23. The number of benzene rings is 1. The number of rotatable bonds is 1. The molecule has 84 valence electrons. The summed E-state index contributed by atoms with van der Waals surface area (Å²) in [4.78, 5) is 4.50. The lowest BCUT2D eigenvalue weighted by atomic mass is 10.2. The highest BCUT2D eigenvalue weighted by molar-refractivity contribution is 5.76. The molecular weight excluding hydrogens is 212 g/mol. The maximum absolute atomic E-state index is 5.74. The first kappa shape index (κ1) is 10.0. The van der Waals surface area contributed by atoms with Crippen molar-refractivity contribution in [3.8, 4) is 11.5 Å². The zero-order valence-corrected chi connectivity index (χ0v) is 9.84. The summed E-state index contributed by atoms with van der Waals surface area (Å²) in [5.41, 5.74) is 3.92. The Hall–Kier alpha value is -2.16. The molecule has 0 amide bonds. The van der Waals surface area contributed by atoms with Crippen LogP contribution in [0.5, 0.6) is 0 Å². The van der Waals surface area contributed by atoms with Crippen molar-refractivity contribution < 1.29 is 8.98 Å². The van der Waals surface area contributed by atoms with E-state index in [0.717, 1.165) is 16.7 Å². The van der Waals surface area contributed by atoms with Crippen molar-refractivity contribution in [3.63, 3.8) is 0 Å². The third kappa shape index (κ3) is 1.80. The molecular formula is C14H13N2O+. The summed E-state index contributed by atoms with van der Waals surface area (Å²) in [5.74, 6) is 0.668. The van der Waals surface area contributed by atoms with E-state index in [9.17, 15) is 0 Å². The van der Waals surface area contributed by atoms with Crippen LogP contribution in [0.2, 0.25) is 0 Å². The van der Waals surface area contributed by atoms with Gasteiger partial charge in [-0.3, -0.25) is 0 Å². The zero-order valence-electron chi connectivity index (χ0n) is 9.84. The standard InChI is InChI=1S/C14H13N2O/c1-10-5-6-13-12(8-10)15-14(17-13)11-4-3-7-16(2)9-11/h3-9H,1-2H3/q+1. The predicted octanol–water partition coefficient (Wildman–Crippen LogP) is 2.63. The van der Waals surface area contributed by atoms with Gasteiger partial charge in [-0.1, -0.05) is 6.07 Å². The zero-order chi connectivity index (χ0) is 11.8. The molecule has 0 N–H and O–H groups in total. The summed E-state index contributed by atoms with van der Waals surface area (Å²) in [6, 6.07) is 10.0. The van der Waals surface area contributed by atoms with Crippen LogP contribution in [0, 0.1) is 6.92 Å². The Morgan fingerprint density at radius 3 is 2.94 bits per heavy atom. The van der Waals surface area contributed by atoms with Gasteiger partial charge in [0.05, 0.1) is 0 Å². The van der Waals surface area contributed by atoms with E-state index >= 15 is 0 Å². The fraction of sp³-hybridized carbons (Fsp3) is 0.143. The minimum absolute atomic E-state index is 0.668. The van der Waals surface area contributed by atoms with Crippen LogP contribution in [0.1, 0.15) is 5.56 Å². The topological polar surface area (TPSA) is 29.9 Å². The third-order valence-corrected chi connectivity index (χ3v) is 2.73. The van der Waals surface area contributed by atoms with Gasteiger partial charge in [0.15, 0.2) is 18.0 Å². The molecule has 0 aliphatic carbocycles. The average molecular weight is 225 g/mol. The monoisotopic (exact) mass is 225 g/mol. The third-order valence-electron chi connectivity index (χ3n) is 2.73. The molecule has 0 unspecified atom stereocenters. The fourth-order valence-electron chi connectivity index (χ4n) is 1.88. The van der Waals surface area contributed by atoms with Crippen molar-refractivity contribution in [3.05, 3.63) is 48.3 Å². The second-order valence-electron chi connectivity index (χ2n) is 4.25. The minimum atomic E-state index is 0.668. The number of nitrogens with zero attached hydrogens (tertiary/aromatic N) is 2. The lowest BCUT2D eigenvalue weighted by Gasteiger charge is -1.91. The van der Waals surface area contributed by atoms with Crippen molar-refractivity contribution in [2.24, 2.45) is 7.05 Å². The molecule has 0 fully saturated rings. The molecule has 2 aromatic heterocycles. The van der Waals surface area contributed by atoms with E-state index in [1.807, 2.05) is 54.3 Å². The first-order valence-electron chi connectivity index (χ1n) is 5.55. The minimum Gasteiger partial charge on any atom is -0.436 e. The highest BCUT2D eigenvalue weighted by atomic mass is 16.3. The van der Waals surface area contributed by atoms with Crippen LogP contribution in [0.3, 0.4) is 0 Å². The number of hydrogen-bond donors (Lipinski definition) is 0. The Balaban J connectivity index is 2.18. The molecule has 0 saturated heterocycles. The SMILES string of the molecule is Cc1ccc2oc(-c3ccc[n+](C)c3)nc2c1. The number of pyridine rings is 1. The summed E-state index contributed by atoms with van der Waals surface area (Å²) < 4.78 is 7.72. The van der Waals surface area contributed by atoms with E-state index in [1.54, 1.807) is 0 Å². The van der Waals surface area contributed by atoms with Crippen LogP contribution >= 0.6 is 0 Å². The number of oxazole rings is 1. The molecule has 3 rings (SSSR count). The highest BCUT2D eigenvalue weighted by Gasteiger charge is 2.10. The molecule has 17 heavy (non-hydrogen) atoms. The van der Waals surface area contributed by atoms with Crippen LogP contribution in [0.15, 0.2) is 47.1 Å². The number of aryl methyl sites for hydroxylation is 2. The van der Waals surface area contributed by atoms with Gasteiger partial charge >= 0.3 is 0 Å². The van der Waals surface area contributed by atoms with Crippen LogP contribution in [0.4, 0.5) is 0 Å². The van der Waals surface area contributed by atoms with Crippen LogP contribution in [-0.4, -0.2) is 4.98 Å². The molecule has 2 heterocycles. The van der Waals surface area contributed by atoms with Crippen molar-refractivity contribution in [2.75, 3.05) is 0 Å².